The molecular weight excluding hydrogens is 342 g/mol. The topological polar surface area (TPSA) is 69.6 Å². The standard InChI is InChI=1S/C20H19N5S/c21-18-17-19(25(14-22-17)13-16-9-5-2-6-10-16)24-20(23-18)26-12-11-15-7-3-1-4-8-15/h1-10,14H,11-13H2,(H2,21,23,24). The van der Waals surface area contributed by atoms with Crippen LogP contribution in [0.25, 0.3) is 11.2 Å². The van der Waals surface area contributed by atoms with Crippen molar-refractivity contribution in [1.82, 2.24) is 19.5 Å². The fraction of sp³-hybridized carbons (Fsp3) is 0.150. The minimum atomic E-state index is 0.434. The summed E-state index contributed by atoms with van der Waals surface area (Å²) >= 11 is 1.62. The molecule has 2 aromatic carbocycles. The Labute approximate surface area is 156 Å². The number of hydrogen-bond donors (Lipinski definition) is 1. The van der Waals surface area contributed by atoms with Gasteiger partial charge in [-0.3, -0.25) is 0 Å². The van der Waals surface area contributed by atoms with Crippen LogP contribution in [0.5, 0.6) is 0 Å². The van der Waals surface area contributed by atoms with Gasteiger partial charge in [-0.1, -0.05) is 72.4 Å². The summed E-state index contributed by atoms with van der Waals surface area (Å²) in [5, 5.41) is 0.695. The van der Waals surface area contributed by atoms with Gasteiger partial charge in [-0.15, -0.1) is 0 Å². The molecule has 6 heteroatoms. The normalized spacial score (nSPS) is 11.1. The van der Waals surface area contributed by atoms with E-state index >= 15 is 0 Å². The fourth-order valence-electron chi connectivity index (χ4n) is 2.81. The van der Waals surface area contributed by atoms with E-state index in [9.17, 15) is 0 Å². The number of fused-ring (bicyclic) bond motifs is 1. The second-order valence-corrected chi connectivity index (χ2v) is 7.07. The van der Waals surface area contributed by atoms with E-state index in [1.54, 1.807) is 18.1 Å². The van der Waals surface area contributed by atoms with Crippen LogP contribution in [-0.4, -0.2) is 25.3 Å². The van der Waals surface area contributed by atoms with Gasteiger partial charge in [0.2, 0.25) is 0 Å². The molecule has 26 heavy (non-hydrogen) atoms. The molecule has 2 heterocycles. The Bertz CT molecular complexity index is 999. The molecule has 0 amide bonds. The highest BCUT2D eigenvalue weighted by Gasteiger charge is 2.12. The molecule has 0 saturated heterocycles. The Morgan fingerprint density at radius 2 is 1.58 bits per heavy atom. The van der Waals surface area contributed by atoms with Crippen molar-refractivity contribution in [1.29, 1.82) is 0 Å². The summed E-state index contributed by atoms with van der Waals surface area (Å²) in [6, 6.07) is 20.7. The van der Waals surface area contributed by atoms with E-state index in [0.717, 1.165) is 17.8 Å². The van der Waals surface area contributed by atoms with Gasteiger partial charge in [-0.2, -0.15) is 0 Å². The Kier molecular flexibility index (Phi) is 4.84. The lowest BCUT2D eigenvalue weighted by Crippen LogP contribution is -2.02. The zero-order valence-electron chi connectivity index (χ0n) is 14.2. The van der Waals surface area contributed by atoms with Gasteiger partial charge in [0.1, 0.15) is 5.52 Å². The Balaban J connectivity index is 1.53. The van der Waals surface area contributed by atoms with Crippen LogP contribution in [0, 0.1) is 0 Å². The molecule has 0 atom stereocenters. The number of benzene rings is 2. The molecule has 4 aromatic rings. The summed E-state index contributed by atoms with van der Waals surface area (Å²) in [6.45, 7) is 0.710. The first-order valence-corrected chi connectivity index (χ1v) is 9.47. The molecule has 0 fully saturated rings. The third-order valence-electron chi connectivity index (χ3n) is 4.13. The maximum absolute atomic E-state index is 6.11. The summed E-state index contributed by atoms with van der Waals surface area (Å²) in [6.07, 6.45) is 2.75. The number of anilines is 1. The molecule has 0 aliphatic carbocycles. The molecule has 0 aliphatic rings. The van der Waals surface area contributed by atoms with Crippen molar-refractivity contribution in [2.75, 3.05) is 11.5 Å². The van der Waals surface area contributed by atoms with E-state index in [4.69, 9.17) is 10.7 Å². The van der Waals surface area contributed by atoms with Crippen molar-refractivity contribution in [2.45, 2.75) is 18.1 Å². The zero-order chi connectivity index (χ0) is 17.8. The molecule has 0 bridgehead atoms. The summed E-state index contributed by atoms with van der Waals surface area (Å²) in [7, 11) is 0. The van der Waals surface area contributed by atoms with Crippen molar-refractivity contribution in [2.24, 2.45) is 0 Å². The highest BCUT2D eigenvalue weighted by Crippen LogP contribution is 2.23. The lowest BCUT2D eigenvalue weighted by atomic mass is 10.2. The molecule has 0 unspecified atom stereocenters. The molecule has 0 radical (unpaired) electrons. The SMILES string of the molecule is Nc1nc(SCCc2ccccc2)nc2c1ncn2Cc1ccccc1. The number of nitrogens with two attached hydrogens (primary N) is 1. The van der Waals surface area contributed by atoms with Crippen molar-refractivity contribution < 1.29 is 0 Å². The Morgan fingerprint density at radius 1 is 0.885 bits per heavy atom. The van der Waals surface area contributed by atoms with Gasteiger partial charge < -0.3 is 10.3 Å². The minimum absolute atomic E-state index is 0.434. The second kappa shape index (κ2) is 7.58. The number of aryl methyl sites for hydroxylation is 1. The van der Waals surface area contributed by atoms with Crippen LogP contribution in [0.3, 0.4) is 0 Å². The monoisotopic (exact) mass is 361 g/mol. The van der Waals surface area contributed by atoms with Crippen LogP contribution >= 0.6 is 11.8 Å². The van der Waals surface area contributed by atoms with Crippen LogP contribution in [0.2, 0.25) is 0 Å². The van der Waals surface area contributed by atoms with Crippen molar-refractivity contribution >= 4 is 28.7 Å². The molecule has 0 aliphatic heterocycles. The van der Waals surface area contributed by atoms with E-state index in [0.29, 0.717) is 23.0 Å². The Morgan fingerprint density at radius 3 is 2.31 bits per heavy atom. The molecule has 4 rings (SSSR count). The fourth-order valence-corrected chi connectivity index (χ4v) is 3.64. The van der Waals surface area contributed by atoms with Gasteiger partial charge in [0, 0.05) is 5.75 Å². The highest BCUT2D eigenvalue weighted by atomic mass is 32.2. The lowest BCUT2D eigenvalue weighted by molar-refractivity contribution is 0.804. The number of hydrogen-bond acceptors (Lipinski definition) is 5. The summed E-state index contributed by atoms with van der Waals surface area (Å²) < 4.78 is 2.02. The predicted octanol–water partition coefficient (Wildman–Crippen LogP) is 3.79. The highest BCUT2D eigenvalue weighted by molar-refractivity contribution is 7.99. The van der Waals surface area contributed by atoms with E-state index in [1.165, 1.54) is 11.1 Å². The van der Waals surface area contributed by atoms with Gasteiger partial charge >= 0.3 is 0 Å². The number of nitrogens with zero attached hydrogens (tertiary/aromatic N) is 4. The third kappa shape index (κ3) is 3.70. The number of aromatic nitrogens is 4. The number of nitrogen functional groups attached to an aromatic ring is 1. The molecule has 2 N–H and O–H groups in total. The molecule has 0 saturated carbocycles. The average molecular weight is 361 g/mol. The summed E-state index contributed by atoms with van der Waals surface area (Å²) in [5.74, 6) is 1.34. The average Bonchev–Trinajstić information content (AvgIpc) is 3.07. The molecule has 0 spiro atoms. The first kappa shape index (κ1) is 16.6. The van der Waals surface area contributed by atoms with E-state index in [2.05, 4.69) is 46.4 Å². The Hall–Kier alpha value is -2.86. The van der Waals surface area contributed by atoms with Crippen LogP contribution in [0.1, 0.15) is 11.1 Å². The maximum atomic E-state index is 6.11. The van der Waals surface area contributed by atoms with Gasteiger partial charge in [0.25, 0.3) is 0 Å². The van der Waals surface area contributed by atoms with Gasteiger partial charge in [-0.25, -0.2) is 15.0 Å². The number of imidazole rings is 1. The largest absolute Gasteiger partial charge is 0.382 e. The number of thioether (sulfide) groups is 1. The first-order chi connectivity index (χ1) is 12.8. The van der Waals surface area contributed by atoms with E-state index < -0.39 is 0 Å². The van der Waals surface area contributed by atoms with Crippen molar-refractivity contribution in [3.8, 4) is 0 Å². The van der Waals surface area contributed by atoms with E-state index in [1.807, 2.05) is 28.8 Å². The van der Waals surface area contributed by atoms with Crippen molar-refractivity contribution in [3.05, 3.63) is 78.1 Å². The smallest absolute Gasteiger partial charge is 0.191 e. The summed E-state index contributed by atoms with van der Waals surface area (Å²) in [4.78, 5) is 13.5. The van der Waals surface area contributed by atoms with Crippen LogP contribution in [0.4, 0.5) is 5.82 Å². The zero-order valence-corrected chi connectivity index (χ0v) is 15.1. The maximum Gasteiger partial charge on any atom is 0.191 e. The van der Waals surface area contributed by atoms with Gasteiger partial charge in [0.15, 0.2) is 16.6 Å². The molecule has 2 aromatic heterocycles. The molecule has 5 nitrogen and oxygen atoms in total. The van der Waals surface area contributed by atoms with Crippen molar-refractivity contribution in [3.63, 3.8) is 0 Å². The van der Waals surface area contributed by atoms with Crippen LogP contribution < -0.4 is 5.73 Å². The third-order valence-corrected chi connectivity index (χ3v) is 4.98. The lowest BCUT2D eigenvalue weighted by Gasteiger charge is -2.06. The van der Waals surface area contributed by atoms with Gasteiger partial charge in [-0.05, 0) is 17.5 Å². The minimum Gasteiger partial charge on any atom is -0.382 e. The second-order valence-electron chi connectivity index (χ2n) is 6.01. The van der Waals surface area contributed by atoms with Crippen LogP contribution in [0.15, 0.2) is 72.1 Å². The van der Waals surface area contributed by atoms with E-state index in [-0.39, 0.29) is 0 Å². The van der Waals surface area contributed by atoms with Gasteiger partial charge in [0.05, 0.1) is 12.9 Å². The number of rotatable bonds is 6. The quantitative estimate of drug-likeness (QED) is 0.418. The van der Waals surface area contributed by atoms with Crippen LogP contribution in [-0.2, 0) is 13.0 Å². The summed E-state index contributed by atoms with van der Waals surface area (Å²) in [5.41, 5.74) is 10.1. The first-order valence-electron chi connectivity index (χ1n) is 8.48. The molecular formula is C20H19N5S. The predicted molar refractivity (Wildman–Crippen MR) is 106 cm³/mol. The molecule has 130 valence electrons.